The van der Waals surface area contributed by atoms with Crippen LogP contribution in [0.1, 0.15) is 30.3 Å². The van der Waals surface area contributed by atoms with E-state index in [0.29, 0.717) is 18.7 Å². The van der Waals surface area contributed by atoms with Crippen molar-refractivity contribution in [2.45, 2.75) is 25.9 Å². The van der Waals surface area contributed by atoms with Crippen molar-refractivity contribution < 1.29 is 9.90 Å². The molecule has 1 N–H and O–H groups in total. The quantitative estimate of drug-likeness (QED) is 0.779. The van der Waals surface area contributed by atoms with E-state index in [2.05, 4.69) is 9.88 Å². The van der Waals surface area contributed by atoms with Crippen molar-refractivity contribution in [2.24, 2.45) is 0 Å². The third-order valence-electron chi connectivity index (χ3n) is 2.88. The molecule has 0 spiro atoms. The van der Waals surface area contributed by atoms with E-state index in [-0.39, 0.29) is 11.9 Å². The predicted octanol–water partition coefficient (Wildman–Crippen LogP) is 1.25. The summed E-state index contributed by atoms with van der Waals surface area (Å²) in [7, 11) is 0. The van der Waals surface area contributed by atoms with Crippen molar-refractivity contribution in [1.82, 2.24) is 4.98 Å². The first-order valence-corrected chi connectivity index (χ1v) is 5.63. The van der Waals surface area contributed by atoms with E-state index in [0.717, 1.165) is 18.7 Å². The van der Waals surface area contributed by atoms with Gasteiger partial charge in [-0.3, -0.25) is 9.78 Å². The summed E-state index contributed by atoms with van der Waals surface area (Å²) < 4.78 is 0. The number of hydrogen-bond acceptors (Lipinski definition) is 4. The molecule has 2 rings (SSSR count). The summed E-state index contributed by atoms with van der Waals surface area (Å²) in [6.07, 6.45) is 2.75. The highest BCUT2D eigenvalue weighted by Gasteiger charge is 2.20. The van der Waals surface area contributed by atoms with Crippen LogP contribution in [0, 0.1) is 0 Å². The van der Waals surface area contributed by atoms with Crippen LogP contribution >= 0.6 is 0 Å². The van der Waals surface area contributed by atoms with Gasteiger partial charge in [0.1, 0.15) is 5.69 Å². The molecule has 1 aromatic rings. The molecule has 0 bridgehead atoms. The minimum absolute atomic E-state index is 0.0630. The molecule has 0 aromatic carbocycles. The number of aliphatic hydroxyl groups is 1. The molecule has 86 valence electrons. The number of rotatable bonds is 3. The molecule has 0 amide bonds. The van der Waals surface area contributed by atoms with Crippen LogP contribution in [-0.2, 0) is 0 Å². The van der Waals surface area contributed by atoms with E-state index in [4.69, 9.17) is 0 Å². The number of aromatic nitrogens is 1. The molecule has 4 heteroatoms. The number of carbonyl (C=O) groups is 1. The molecule has 4 nitrogen and oxygen atoms in total. The molecule has 0 saturated carbocycles. The number of anilines is 1. The van der Waals surface area contributed by atoms with Gasteiger partial charge in [-0.2, -0.15) is 0 Å². The second-order valence-corrected chi connectivity index (χ2v) is 4.07. The summed E-state index contributed by atoms with van der Waals surface area (Å²) in [4.78, 5) is 17.6. The Hall–Kier alpha value is -1.42. The van der Waals surface area contributed by atoms with Gasteiger partial charge in [0.05, 0.1) is 18.0 Å². The van der Waals surface area contributed by atoms with E-state index in [1.165, 1.54) is 0 Å². The van der Waals surface area contributed by atoms with Crippen LogP contribution < -0.4 is 4.90 Å². The van der Waals surface area contributed by atoms with Crippen LogP contribution in [0.15, 0.2) is 18.3 Å². The first-order valence-electron chi connectivity index (χ1n) is 5.63. The standard InChI is InChI=1S/C12H16N2O2/c1-2-12(16)11-4-3-9(7-13-11)14-6-5-10(15)8-14/h3-4,7,10,15H,2,5-6,8H2,1H3. The number of carbonyl (C=O) groups excluding carboxylic acids is 1. The third kappa shape index (κ3) is 2.22. The fourth-order valence-electron chi connectivity index (χ4n) is 1.90. The first kappa shape index (κ1) is 11.1. The molecular formula is C12H16N2O2. The summed E-state index contributed by atoms with van der Waals surface area (Å²) in [5.41, 5.74) is 1.50. The van der Waals surface area contributed by atoms with Gasteiger partial charge in [-0.25, -0.2) is 0 Å². The number of hydrogen-bond donors (Lipinski definition) is 1. The predicted molar refractivity (Wildman–Crippen MR) is 61.7 cm³/mol. The van der Waals surface area contributed by atoms with Gasteiger partial charge in [0.25, 0.3) is 0 Å². The Morgan fingerprint density at radius 3 is 2.94 bits per heavy atom. The number of β-amino-alcohol motifs (C(OH)–C–C–N with tert-alkyl or cyclic N) is 1. The van der Waals surface area contributed by atoms with Gasteiger partial charge in [-0.1, -0.05) is 6.92 Å². The van der Waals surface area contributed by atoms with E-state index < -0.39 is 0 Å². The molecule has 0 radical (unpaired) electrons. The number of pyridine rings is 1. The van der Waals surface area contributed by atoms with Crippen molar-refractivity contribution in [2.75, 3.05) is 18.0 Å². The second-order valence-electron chi connectivity index (χ2n) is 4.07. The average molecular weight is 220 g/mol. The number of nitrogens with zero attached hydrogens (tertiary/aromatic N) is 2. The maximum atomic E-state index is 11.4. The number of aliphatic hydroxyl groups excluding tert-OH is 1. The van der Waals surface area contributed by atoms with Gasteiger partial charge < -0.3 is 10.0 Å². The largest absolute Gasteiger partial charge is 0.391 e. The van der Waals surface area contributed by atoms with E-state index >= 15 is 0 Å². The highest BCUT2D eigenvalue weighted by molar-refractivity contribution is 5.94. The van der Waals surface area contributed by atoms with Crippen molar-refractivity contribution in [3.05, 3.63) is 24.0 Å². The highest BCUT2D eigenvalue weighted by Crippen LogP contribution is 2.19. The topological polar surface area (TPSA) is 53.4 Å². The maximum Gasteiger partial charge on any atom is 0.180 e. The van der Waals surface area contributed by atoms with Crippen LogP contribution in [0.25, 0.3) is 0 Å². The van der Waals surface area contributed by atoms with Crippen LogP contribution in [-0.4, -0.2) is 35.1 Å². The van der Waals surface area contributed by atoms with Crippen LogP contribution in [0.2, 0.25) is 0 Å². The van der Waals surface area contributed by atoms with E-state index in [1.807, 2.05) is 13.0 Å². The van der Waals surface area contributed by atoms with Gasteiger partial charge >= 0.3 is 0 Å². The van der Waals surface area contributed by atoms with Gasteiger partial charge in [-0.05, 0) is 18.6 Å². The fourth-order valence-corrected chi connectivity index (χ4v) is 1.90. The zero-order valence-corrected chi connectivity index (χ0v) is 9.39. The lowest BCUT2D eigenvalue weighted by Crippen LogP contribution is -2.21. The van der Waals surface area contributed by atoms with Crippen LogP contribution in [0.5, 0.6) is 0 Å². The molecule has 1 atom stereocenters. The molecule has 1 saturated heterocycles. The van der Waals surface area contributed by atoms with Gasteiger partial charge in [0.2, 0.25) is 0 Å². The van der Waals surface area contributed by atoms with Crippen molar-refractivity contribution in [3.8, 4) is 0 Å². The molecule has 16 heavy (non-hydrogen) atoms. The zero-order chi connectivity index (χ0) is 11.5. The maximum absolute atomic E-state index is 11.4. The minimum atomic E-state index is -0.239. The number of ketones is 1. The van der Waals surface area contributed by atoms with Crippen molar-refractivity contribution in [3.63, 3.8) is 0 Å². The lowest BCUT2D eigenvalue weighted by Gasteiger charge is -2.17. The lowest BCUT2D eigenvalue weighted by atomic mass is 10.2. The molecular weight excluding hydrogens is 204 g/mol. The van der Waals surface area contributed by atoms with Gasteiger partial charge in [0.15, 0.2) is 5.78 Å². The van der Waals surface area contributed by atoms with E-state index in [1.54, 1.807) is 12.3 Å². The van der Waals surface area contributed by atoms with Gasteiger partial charge in [0, 0.05) is 19.5 Å². The summed E-state index contributed by atoms with van der Waals surface area (Å²) in [5, 5.41) is 9.43. The summed E-state index contributed by atoms with van der Waals surface area (Å²) >= 11 is 0. The van der Waals surface area contributed by atoms with E-state index in [9.17, 15) is 9.90 Å². The third-order valence-corrected chi connectivity index (χ3v) is 2.88. The molecule has 2 heterocycles. The Bertz CT molecular complexity index is 375. The lowest BCUT2D eigenvalue weighted by molar-refractivity contribution is 0.0983. The number of Topliss-reactive ketones (excluding diaryl/α,β-unsaturated/α-hetero) is 1. The SMILES string of the molecule is CCC(=O)c1ccc(N2CCC(O)C2)cn1. The Morgan fingerprint density at radius 1 is 1.62 bits per heavy atom. The summed E-state index contributed by atoms with van der Waals surface area (Å²) in [6, 6.07) is 3.65. The zero-order valence-electron chi connectivity index (χ0n) is 9.39. The van der Waals surface area contributed by atoms with Crippen molar-refractivity contribution in [1.29, 1.82) is 0 Å². The Kier molecular flexibility index (Phi) is 3.19. The second kappa shape index (κ2) is 4.61. The summed E-state index contributed by atoms with van der Waals surface area (Å²) in [6.45, 7) is 3.33. The molecule has 0 aliphatic carbocycles. The molecule has 1 fully saturated rings. The van der Waals surface area contributed by atoms with Gasteiger partial charge in [-0.15, -0.1) is 0 Å². The Morgan fingerprint density at radius 2 is 2.44 bits per heavy atom. The molecule has 1 aliphatic heterocycles. The van der Waals surface area contributed by atoms with Crippen molar-refractivity contribution >= 4 is 11.5 Å². The molecule has 1 aliphatic rings. The molecule has 1 aromatic heterocycles. The normalized spacial score (nSPS) is 20.1. The summed E-state index contributed by atoms with van der Waals surface area (Å²) in [5.74, 6) is 0.0630. The Balaban J connectivity index is 2.10. The minimum Gasteiger partial charge on any atom is -0.391 e. The fraction of sp³-hybridized carbons (Fsp3) is 0.500. The monoisotopic (exact) mass is 220 g/mol. The first-order chi connectivity index (χ1) is 7.70. The van der Waals surface area contributed by atoms with Crippen LogP contribution in [0.3, 0.4) is 0 Å². The van der Waals surface area contributed by atoms with Crippen LogP contribution in [0.4, 0.5) is 5.69 Å². The smallest absolute Gasteiger partial charge is 0.180 e. The molecule has 1 unspecified atom stereocenters. The average Bonchev–Trinajstić information content (AvgIpc) is 2.75. The Labute approximate surface area is 94.9 Å². The highest BCUT2D eigenvalue weighted by atomic mass is 16.3.